The molecule has 0 radical (unpaired) electrons. The summed E-state index contributed by atoms with van der Waals surface area (Å²) in [5.41, 5.74) is 2.56. The van der Waals surface area contributed by atoms with Crippen LogP contribution in [0.3, 0.4) is 0 Å². The molecule has 35 heavy (non-hydrogen) atoms. The summed E-state index contributed by atoms with van der Waals surface area (Å²) >= 11 is 0. The van der Waals surface area contributed by atoms with E-state index in [4.69, 9.17) is 14.2 Å². The number of amides is 1. The number of nitrogens with zero attached hydrogens (tertiary/aromatic N) is 3. The van der Waals surface area contributed by atoms with Gasteiger partial charge in [-0.05, 0) is 37.1 Å². The molecule has 0 spiro atoms. The predicted molar refractivity (Wildman–Crippen MR) is 123 cm³/mol. The van der Waals surface area contributed by atoms with Crippen LogP contribution in [0.1, 0.15) is 28.8 Å². The number of pyridine rings is 2. The lowest BCUT2D eigenvalue weighted by atomic mass is 10.1. The fourth-order valence-corrected chi connectivity index (χ4v) is 3.71. The molecule has 1 fully saturated rings. The molecule has 0 atom stereocenters. The van der Waals surface area contributed by atoms with Crippen molar-refractivity contribution in [2.24, 2.45) is 0 Å². The lowest BCUT2D eigenvalue weighted by Crippen LogP contribution is -2.26. The monoisotopic (exact) mass is 480 g/mol. The van der Waals surface area contributed by atoms with E-state index in [-0.39, 0.29) is 23.1 Å². The normalized spacial score (nSPS) is 13.1. The van der Waals surface area contributed by atoms with Crippen molar-refractivity contribution < 1.29 is 27.8 Å². The lowest BCUT2D eigenvalue weighted by Gasteiger charge is -2.16. The maximum Gasteiger partial charge on any atom is 0.387 e. The number of carbonyl (C=O) groups is 1. The summed E-state index contributed by atoms with van der Waals surface area (Å²) in [6.07, 6.45) is 8.50. The number of benzene rings is 1. The predicted octanol–water partition coefficient (Wildman–Crippen LogP) is 4.48. The molecule has 5 rings (SSSR count). The molecule has 0 bridgehead atoms. The largest absolute Gasteiger partial charge is 0.496 e. The molecule has 1 amide bonds. The minimum absolute atomic E-state index is 0.0413. The van der Waals surface area contributed by atoms with Crippen LogP contribution in [0.25, 0.3) is 16.9 Å². The van der Waals surface area contributed by atoms with Gasteiger partial charge in [-0.25, -0.2) is 4.98 Å². The van der Waals surface area contributed by atoms with Gasteiger partial charge < -0.3 is 19.5 Å². The van der Waals surface area contributed by atoms with E-state index in [0.717, 1.165) is 18.4 Å². The first-order valence-corrected chi connectivity index (χ1v) is 11.0. The average Bonchev–Trinajstić information content (AvgIpc) is 3.57. The third-order valence-electron chi connectivity index (χ3n) is 5.55. The number of hydrogen-bond donors (Lipinski definition) is 1. The standard InChI is InChI=1S/C25H22F2N4O4/c1-33-20-9-16(10-21(35-25(26)27)23(20)24(32)30-17-4-5-17)19-13-29-22-11-18(6-8-31(19)22)34-14-15-3-2-7-28-12-15/h2-3,6-13,17,25H,4-5,14H2,1H3,(H,30,32). The van der Waals surface area contributed by atoms with Crippen LogP contribution in [0, 0.1) is 0 Å². The van der Waals surface area contributed by atoms with Crippen molar-refractivity contribution in [3.63, 3.8) is 0 Å². The summed E-state index contributed by atoms with van der Waals surface area (Å²) in [5.74, 6) is -0.0356. The zero-order valence-electron chi connectivity index (χ0n) is 18.8. The lowest BCUT2D eigenvalue weighted by molar-refractivity contribution is -0.0502. The van der Waals surface area contributed by atoms with Gasteiger partial charge in [0.05, 0.1) is 19.0 Å². The second-order valence-electron chi connectivity index (χ2n) is 8.06. The maximum absolute atomic E-state index is 13.2. The SMILES string of the molecule is COc1cc(-c2cnc3cc(OCc4cccnc4)ccn23)cc(OC(F)F)c1C(=O)NC1CC1. The Morgan fingerprint density at radius 2 is 2.03 bits per heavy atom. The maximum atomic E-state index is 13.2. The molecule has 3 aromatic heterocycles. The molecule has 1 aromatic carbocycles. The molecule has 0 saturated heterocycles. The van der Waals surface area contributed by atoms with E-state index in [1.165, 1.54) is 13.2 Å². The van der Waals surface area contributed by atoms with Gasteiger partial charge in [-0.3, -0.25) is 14.2 Å². The number of nitrogens with one attached hydrogen (secondary N) is 1. The summed E-state index contributed by atoms with van der Waals surface area (Å²) in [7, 11) is 1.37. The highest BCUT2D eigenvalue weighted by atomic mass is 19.3. The molecule has 1 saturated carbocycles. The van der Waals surface area contributed by atoms with E-state index >= 15 is 0 Å². The Kier molecular flexibility index (Phi) is 6.17. The second-order valence-corrected chi connectivity index (χ2v) is 8.06. The van der Waals surface area contributed by atoms with Crippen molar-refractivity contribution in [3.05, 3.63) is 72.3 Å². The Morgan fingerprint density at radius 3 is 2.74 bits per heavy atom. The van der Waals surface area contributed by atoms with Gasteiger partial charge in [0, 0.05) is 41.8 Å². The topological polar surface area (TPSA) is 87.0 Å². The second kappa shape index (κ2) is 9.57. The minimum atomic E-state index is -3.11. The van der Waals surface area contributed by atoms with Crippen molar-refractivity contribution in [1.82, 2.24) is 19.7 Å². The average molecular weight is 480 g/mol. The zero-order chi connectivity index (χ0) is 24.4. The summed E-state index contributed by atoms with van der Waals surface area (Å²) in [4.78, 5) is 21.2. The number of halogens is 2. The fraction of sp³-hybridized carbons (Fsp3) is 0.240. The highest BCUT2D eigenvalue weighted by molar-refractivity contribution is 6.01. The number of alkyl halides is 2. The first-order valence-electron chi connectivity index (χ1n) is 11.0. The third-order valence-corrected chi connectivity index (χ3v) is 5.55. The zero-order valence-corrected chi connectivity index (χ0v) is 18.8. The van der Waals surface area contributed by atoms with Crippen LogP contribution < -0.4 is 19.5 Å². The van der Waals surface area contributed by atoms with E-state index in [1.807, 2.05) is 12.1 Å². The third kappa shape index (κ3) is 5.01. The fourth-order valence-electron chi connectivity index (χ4n) is 3.71. The van der Waals surface area contributed by atoms with Crippen LogP contribution in [0.15, 0.2) is 61.2 Å². The number of methoxy groups -OCH3 is 1. The molecular formula is C25H22F2N4O4. The van der Waals surface area contributed by atoms with Crippen LogP contribution >= 0.6 is 0 Å². The Hall–Kier alpha value is -4.21. The van der Waals surface area contributed by atoms with Crippen molar-refractivity contribution in [3.8, 4) is 28.5 Å². The summed E-state index contributed by atoms with van der Waals surface area (Å²) in [6.45, 7) is -2.75. The molecule has 0 aliphatic heterocycles. The molecule has 3 heterocycles. The molecule has 1 N–H and O–H groups in total. The number of aromatic nitrogens is 3. The van der Waals surface area contributed by atoms with Gasteiger partial charge in [0.2, 0.25) is 0 Å². The smallest absolute Gasteiger partial charge is 0.387 e. The number of rotatable bonds is 9. The summed E-state index contributed by atoms with van der Waals surface area (Å²) in [6, 6.07) is 10.3. The van der Waals surface area contributed by atoms with Gasteiger partial charge in [0.25, 0.3) is 5.91 Å². The summed E-state index contributed by atoms with van der Waals surface area (Å²) < 4.78 is 44.2. The van der Waals surface area contributed by atoms with E-state index in [9.17, 15) is 13.6 Å². The first kappa shape index (κ1) is 22.6. The molecule has 0 unspecified atom stereocenters. The molecular weight excluding hydrogens is 458 g/mol. The molecule has 1 aliphatic carbocycles. The highest BCUT2D eigenvalue weighted by Crippen LogP contribution is 2.37. The van der Waals surface area contributed by atoms with Crippen LogP contribution in [-0.4, -0.2) is 40.0 Å². The number of hydrogen-bond acceptors (Lipinski definition) is 6. The van der Waals surface area contributed by atoms with Crippen molar-refractivity contribution in [2.75, 3.05) is 7.11 Å². The molecule has 10 heteroatoms. The first-order chi connectivity index (χ1) is 17.0. The van der Waals surface area contributed by atoms with Gasteiger partial charge in [0.15, 0.2) is 0 Å². The number of fused-ring (bicyclic) bond motifs is 1. The van der Waals surface area contributed by atoms with Crippen molar-refractivity contribution in [1.29, 1.82) is 0 Å². The van der Waals surface area contributed by atoms with Crippen LogP contribution in [0.4, 0.5) is 8.78 Å². The van der Waals surface area contributed by atoms with Crippen molar-refractivity contribution in [2.45, 2.75) is 32.1 Å². The van der Waals surface area contributed by atoms with Gasteiger partial charge >= 0.3 is 6.61 Å². The van der Waals surface area contributed by atoms with Crippen LogP contribution in [0.5, 0.6) is 17.2 Å². The number of ether oxygens (including phenoxy) is 3. The number of imidazole rings is 1. The van der Waals surface area contributed by atoms with Gasteiger partial charge in [-0.2, -0.15) is 8.78 Å². The summed E-state index contributed by atoms with van der Waals surface area (Å²) in [5, 5.41) is 2.79. The van der Waals surface area contributed by atoms with E-state index in [1.54, 1.807) is 47.4 Å². The van der Waals surface area contributed by atoms with Gasteiger partial charge in [0.1, 0.15) is 35.1 Å². The van der Waals surface area contributed by atoms with E-state index in [0.29, 0.717) is 29.3 Å². The molecule has 1 aliphatic rings. The Morgan fingerprint density at radius 1 is 1.20 bits per heavy atom. The van der Waals surface area contributed by atoms with Gasteiger partial charge in [-0.15, -0.1) is 0 Å². The van der Waals surface area contributed by atoms with E-state index in [2.05, 4.69) is 15.3 Å². The van der Waals surface area contributed by atoms with Crippen molar-refractivity contribution >= 4 is 11.6 Å². The molecule has 180 valence electrons. The highest BCUT2D eigenvalue weighted by Gasteiger charge is 2.29. The molecule has 8 nitrogen and oxygen atoms in total. The van der Waals surface area contributed by atoms with Gasteiger partial charge in [-0.1, -0.05) is 6.07 Å². The molecule has 4 aromatic rings. The minimum Gasteiger partial charge on any atom is -0.496 e. The van der Waals surface area contributed by atoms with Crippen LogP contribution in [-0.2, 0) is 6.61 Å². The van der Waals surface area contributed by atoms with Crippen LogP contribution in [0.2, 0.25) is 0 Å². The van der Waals surface area contributed by atoms with E-state index < -0.39 is 12.5 Å². The quantitative estimate of drug-likeness (QED) is 0.380. The Labute approximate surface area is 199 Å². The Balaban J connectivity index is 1.47. The Bertz CT molecular complexity index is 1360. The number of carbonyl (C=O) groups excluding carboxylic acids is 1.